The predicted molar refractivity (Wildman–Crippen MR) is 66.7 cm³/mol. The first kappa shape index (κ1) is 13.7. The summed E-state index contributed by atoms with van der Waals surface area (Å²) < 4.78 is 0. The number of aliphatic hydroxyl groups is 1. The smallest absolute Gasteiger partial charge is 0.179 e. The highest BCUT2D eigenvalue weighted by molar-refractivity contribution is 6.22. The second kappa shape index (κ2) is 4.86. The minimum atomic E-state index is -1.01. The molecule has 0 aromatic carbocycles. The summed E-state index contributed by atoms with van der Waals surface area (Å²) in [4.78, 5) is 24.3. The molecule has 0 aromatic heterocycles. The van der Waals surface area contributed by atoms with Crippen molar-refractivity contribution in [2.24, 2.45) is 11.3 Å². The lowest BCUT2D eigenvalue weighted by Crippen LogP contribution is -2.40. The summed E-state index contributed by atoms with van der Waals surface area (Å²) in [5, 5.41) is 9.26. The zero-order chi connectivity index (χ0) is 13.2. The Morgan fingerprint density at radius 1 is 1.41 bits per heavy atom. The predicted octanol–water partition coefficient (Wildman–Crippen LogP) is 2.97. The van der Waals surface area contributed by atoms with Crippen LogP contribution in [0.1, 0.15) is 40.5 Å². The lowest BCUT2D eigenvalue weighted by molar-refractivity contribution is -0.135. The van der Waals surface area contributed by atoms with E-state index in [9.17, 15) is 14.7 Å². The van der Waals surface area contributed by atoms with Crippen LogP contribution in [0.15, 0.2) is 23.5 Å². The second-order valence-corrected chi connectivity index (χ2v) is 4.83. The van der Waals surface area contributed by atoms with E-state index in [2.05, 4.69) is 0 Å². The molecule has 94 valence electrons. The third kappa shape index (κ3) is 2.06. The van der Waals surface area contributed by atoms with E-state index >= 15 is 0 Å². The first-order valence-corrected chi connectivity index (χ1v) is 6.07. The Kier molecular flexibility index (Phi) is 3.91. The van der Waals surface area contributed by atoms with Crippen LogP contribution >= 0.6 is 0 Å². The number of ketones is 2. The van der Waals surface area contributed by atoms with Gasteiger partial charge in [-0.3, -0.25) is 9.59 Å². The molecule has 0 amide bonds. The number of Topliss-reactive ketones (excluding diaryl/α,β-unsaturated/α-hetero) is 1. The van der Waals surface area contributed by atoms with Gasteiger partial charge in [0.25, 0.3) is 0 Å². The van der Waals surface area contributed by atoms with Crippen molar-refractivity contribution in [2.45, 2.75) is 40.5 Å². The van der Waals surface area contributed by atoms with Crippen LogP contribution in [0.25, 0.3) is 0 Å². The first-order chi connectivity index (χ1) is 7.92. The van der Waals surface area contributed by atoms with Crippen LogP contribution in [0.5, 0.6) is 0 Å². The Labute approximate surface area is 102 Å². The molecule has 1 rings (SSSR count). The Morgan fingerprint density at radius 3 is 2.41 bits per heavy atom. The molecule has 17 heavy (non-hydrogen) atoms. The molecule has 3 nitrogen and oxygen atoms in total. The number of hydrogen-bond acceptors (Lipinski definition) is 3. The molecule has 0 saturated heterocycles. The molecule has 1 aliphatic carbocycles. The van der Waals surface area contributed by atoms with Crippen molar-refractivity contribution in [1.82, 2.24) is 0 Å². The molecule has 0 radical (unpaired) electrons. The van der Waals surface area contributed by atoms with Gasteiger partial charge < -0.3 is 5.11 Å². The molecule has 0 fully saturated rings. The maximum Gasteiger partial charge on any atom is 0.179 e. The molecule has 3 heteroatoms. The van der Waals surface area contributed by atoms with E-state index in [-0.39, 0.29) is 17.5 Å². The maximum atomic E-state index is 12.3. The van der Waals surface area contributed by atoms with Gasteiger partial charge in [0.2, 0.25) is 0 Å². The monoisotopic (exact) mass is 236 g/mol. The topological polar surface area (TPSA) is 54.4 Å². The van der Waals surface area contributed by atoms with Crippen molar-refractivity contribution in [3.8, 4) is 0 Å². The van der Waals surface area contributed by atoms with Crippen LogP contribution in [-0.2, 0) is 9.59 Å². The average molecular weight is 236 g/mol. The Bertz CT molecular complexity index is 404. The van der Waals surface area contributed by atoms with Gasteiger partial charge in [0, 0.05) is 0 Å². The Morgan fingerprint density at radius 2 is 2.00 bits per heavy atom. The average Bonchev–Trinajstić information content (AvgIpc) is 2.34. The SMILES string of the molecule is CCC(C)C1=CC(=O)C(C)(CC)C(=O)C1=CO. The summed E-state index contributed by atoms with van der Waals surface area (Å²) in [5.74, 6) is -0.307. The highest BCUT2D eigenvalue weighted by atomic mass is 16.2. The number of carbonyl (C=O) groups excluding carboxylic acids is 2. The van der Waals surface area contributed by atoms with Crippen LogP contribution in [-0.4, -0.2) is 16.7 Å². The molecule has 0 aliphatic heterocycles. The van der Waals surface area contributed by atoms with Crippen molar-refractivity contribution < 1.29 is 14.7 Å². The molecular formula is C14H20O3. The Hall–Kier alpha value is -1.38. The molecule has 0 aromatic rings. The van der Waals surface area contributed by atoms with Gasteiger partial charge in [-0.2, -0.15) is 0 Å². The van der Waals surface area contributed by atoms with E-state index in [1.807, 2.05) is 20.8 Å². The molecule has 0 bridgehead atoms. The molecule has 2 atom stereocenters. The van der Waals surface area contributed by atoms with Gasteiger partial charge in [-0.15, -0.1) is 0 Å². The van der Waals surface area contributed by atoms with Crippen LogP contribution in [0.3, 0.4) is 0 Å². The van der Waals surface area contributed by atoms with E-state index in [0.29, 0.717) is 17.6 Å². The van der Waals surface area contributed by atoms with Gasteiger partial charge in [0.1, 0.15) is 0 Å². The van der Waals surface area contributed by atoms with E-state index in [1.54, 1.807) is 6.92 Å². The standard InChI is InChI=1S/C14H20O3/c1-5-9(3)10-7-12(16)14(4,6-2)13(17)11(10)8-15/h7-9,15H,5-6H2,1-4H3. The van der Waals surface area contributed by atoms with Gasteiger partial charge in [-0.05, 0) is 37.3 Å². The fourth-order valence-electron chi connectivity index (χ4n) is 2.01. The highest BCUT2D eigenvalue weighted by Gasteiger charge is 2.44. The number of allylic oxidation sites excluding steroid dienone is 3. The summed E-state index contributed by atoms with van der Waals surface area (Å²) in [5.41, 5.74) is -0.0508. The Balaban J connectivity index is 3.33. The molecule has 1 aliphatic rings. The molecule has 0 heterocycles. The van der Waals surface area contributed by atoms with Gasteiger partial charge in [0.05, 0.1) is 17.3 Å². The number of carbonyl (C=O) groups is 2. The molecule has 0 saturated carbocycles. The third-order valence-corrected chi connectivity index (χ3v) is 3.87. The molecule has 2 unspecified atom stereocenters. The van der Waals surface area contributed by atoms with Crippen molar-refractivity contribution >= 4 is 11.6 Å². The maximum absolute atomic E-state index is 12.3. The fourth-order valence-corrected chi connectivity index (χ4v) is 2.01. The minimum absolute atomic E-state index is 0.0997. The van der Waals surface area contributed by atoms with E-state index in [4.69, 9.17) is 0 Å². The van der Waals surface area contributed by atoms with Gasteiger partial charge in [-0.1, -0.05) is 20.8 Å². The van der Waals surface area contributed by atoms with Gasteiger partial charge in [0.15, 0.2) is 11.6 Å². The van der Waals surface area contributed by atoms with Crippen LogP contribution in [0.4, 0.5) is 0 Å². The number of hydrogen-bond donors (Lipinski definition) is 1. The second-order valence-electron chi connectivity index (χ2n) is 4.83. The van der Waals surface area contributed by atoms with E-state index in [1.165, 1.54) is 6.08 Å². The summed E-state index contributed by atoms with van der Waals surface area (Å²) in [6.45, 7) is 7.39. The summed E-state index contributed by atoms with van der Waals surface area (Å²) in [6, 6.07) is 0. The van der Waals surface area contributed by atoms with Gasteiger partial charge >= 0.3 is 0 Å². The quantitative estimate of drug-likeness (QED) is 0.465. The van der Waals surface area contributed by atoms with Crippen LogP contribution in [0.2, 0.25) is 0 Å². The zero-order valence-electron chi connectivity index (χ0n) is 10.9. The van der Waals surface area contributed by atoms with Crippen LogP contribution in [0, 0.1) is 11.3 Å². The van der Waals surface area contributed by atoms with Gasteiger partial charge in [-0.25, -0.2) is 0 Å². The summed E-state index contributed by atoms with van der Waals surface area (Å²) in [7, 11) is 0. The van der Waals surface area contributed by atoms with Crippen molar-refractivity contribution in [2.75, 3.05) is 0 Å². The molecular weight excluding hydrogens is 216 g/mol. The van der Waals surface area contributed by atoms with Crippen molar-refractivity contribution in [1.29, 1.82) is 0 Å². The highest BCUT2D eigenvalue weighted by Crippen LogP contribution is 2.38. The lowest BCUT2D eigenvalue weighted by Gasteiger charge is -2.31. The first-order valence-electron chi connectivity index (χ1n) is 6.07. The zero-order valence-corrected chi connectivity index (χ0v) is 10.9. The van der Waals surface area contributed by atoms with Crippen LogP contribution < -0.4 is 0 Å². The summed E-state index contributed by atoms with van der Waals surface area (Å²) >= 11 is 0. The molecule has 0 spiro atoms. The lowest BCUT2D eigenvalue weighted by atomic mass is 9.68. The normalized spacial score (nSPS) is 29.4. The van der Waals surface area contributed by atoms with Crippen molar-refractivity contribution in [3.63, 3.8) is 0 Å². The molecule has 1 N–H and O–H groups in total. The van der Waals surface area contributed by atoms with Crippen molar-refractivity contribution in [3.05, 3.63) is 23.5 Å². The summed E-state index contributed by atoms with van der Waals surface area (Å²) in [6.07, 6.45) is 3.65. The largest absolute Gasteiger partial charge is 0.515 e. The fraction of sp³-hybridized carbons (Fsp3) is 0.571. The number of rotatable bonds is 3. The van der Waals surface area contributed by atoms with E-state index < -0.39 is 5.41 Å². The van der Waals surface area contributed by atoms with E-state index in [0.717, 1.165) is 12.7 Å². The third-order valence-electron chi connectivity index (χ3n) is 3.87. The minimum Gasteiger partial charge on any atom is -0.515 e. The number of aliphatic hydroxyl groups excluding tert-OH is 1.